The number of amides is 4. The number of hydrogen-bond acceptors (Lipinski definition) is 11. The molecule has 12 rings (SSSR count). The number of benzene rings is 2. The largest absolute Gasteiger partial charge is 0.343 e. The minimum Gasteiger partial charge on any atom is -0.343 e. The maximum Gasteiger partial charge on any atom is 0.300 e. The van der Waals surface area contributed by atoms with E-state index in [1.165, 1.54) is 6.08 Å². The number of H-pyrrole nitrogens is 2. The third-order valence-corrected chi connectivity index (χ3v) is 14.4. The van der Waals surface area contributed by atoms with Crippen LogP contribution in [0.4, 0.5) is 11.4 Å². The van der Waals surface area contributed by atoms with Crippen LogP contribution in [0.15, 0.2) is 140 Å². The molecule has 10 heterocycles. The minimum atomic E-state index is -0.551. The molecule has 2 aliphatic heterocycles. The van der Waals surface area contributed by atoms with Crippen molar-refractivity contribution in [2.45, 2.75) is 31.2 Å². The van der Waals surface area contributed by atoms with Crippen molar-refractivity contribution in [2.75, 3.05) is 50.4 Å². The molecule has 0 radical (unpaired) electrons. The van der Waals surface area contributed by atoms with Gasteiger partial charge in [0.15, 0.2) is 0 Å². The van der Waals surface area contributed by atoms with Gasteiger partial charge in [-0.2, -0.15) is 29.7 Å². The summed E-state index contributed by atoms with van der Waals surface area (Å²) >= 11 is 0. The van der Waals surface area contributed by atoms with Crippen LogP contribution in [0.1, 0.15) is 62.3 Å². The van der Waals surface area contributed by atoms with Gasteiger partial charge < -0.3 is 30.4 Å². The minimum absolute atomic E-state index is 0.0534. The number of nitrogens with one attached hydrogen (secondary N) is 4. The highest BCUT2D eigenvalue weighted by atomic mass is 16.2. The number of rotatable bonds is 13. The van der Waals surface area contributed by atoms with Crippen LogP contribution in [-0.4, -0.2) is 128 Å². The smallest absolute Gasteiger partial charge is 0.300 e. The first-order chi connectivity index (χ1) is 37.1. The zero-order chi connectivity index (χ0) is 51.9. The lowest BCUT2D eigenvalue weighted by Crippen LogP contribution is -2.28. The number of hydrogen-bond donors (Lipinski definition) is 4. The normalized spacial score (nSPS) is 15.7. The Morgan fingerprint density at radius 2 is 1.26 bits per heavy atom. The molecular formula is C57H49N15O4. The maximum absolute atomic E-state index is 13.7. The highest BCUT2D eigenvalue weighted by Gasteiger charge is 2.32. The van der Waals surface area contributed by atoms with Crippen LogP contribution in [0.25, 0.3) is 55.4 Å². The van der Waals surface area contributed by atoms with Crippen molar-refractivity contribution < 1.29 is 19.2 Å². The molecule has 2 aliphatic rings. The zero-order valence-electron chi connectivity index (χ0n) is 41.2. The first kappa shape index (κ1) is 47.2. The highest BCUT2D eigenvalue weighted by Crippen LogP contribution is 2.39. The predicted octanol–water partition coefficient (Wildman–Crippen LogP) is 7.32. The molecule has 2 aromatic carbocycles. The molecule has 0 saturated carbocycles. The molecule has 76 heavy (non-hydrogen) atoms. The van der Waals surface area contributed by atoms with Gasteiger partial charge in [-0.25, -0.2) is 9.97 Å². The molecule has 4 N–H and O–H groups in total. The maximum atomic E-state index is 13.7. The van der Waals surface area contributed by atoms with E-state index in [4.69, 9.17) is 11.4 Å². The summed E-state index contributed by atoms with van der Waals surface area (Å²) in [5, 5.41) is 25.2. The number of terminal acetylenes is 1. The molecule has 0 aliphatic carbocycles. The van der Waals surface area contributed by atoms with Crippen molar-refractivity contribution in [3.63, 3.8) is 0 Å². The van der Waals surface area contributed by atoms with Crippen molar-refractivity contribution >= 4 is 68.1 Å². The summed E-state index contributed by atoms with van der Waals surface area (Å²) in [4.78, 5) is 74.5. The molecule has 2 atom stereocenters. The predicted molar refractivity (Wildman–Crippen MR) is 287 cm³/mol. The summed E-state index contributed by atoms with van der Waals surface area (Å²) in [6.45, 7) is 3.28. The van der Waals surface area contributed by atoms with Crippen LogP contribution in [0.5, 0.6) is 0 Å². The lowest BCUT2D eigenvalue weighted by atomic mass is 9.98. The summed E-state index contributed by atoms with van der Waals surface area (Å²) in [6, 6.07) is 27.8. The van der Waals surface area contributed by atoms with E-state index >= 15 is 0 Å². The Hall–Kier alpha value is -9.80. The van der Waals surface area contributed by atoms with Crippen molar-refractivity contribution in [1.82, 2.24) is 64.3 Å². The zero-order valence-corrected chi connectivity index (χ0v) is 41.2. The molecule has 376 valence electrons. The molecule has 10 aromatic rings. The number of likely N-dealkylation sites (N-methyl/N-ethyl adjacent to an activating group) is 1. The summed E-state index contributed by atoms with van der Waals surface area (Å²) in [6.07, 6.45) is 20.8. The van der Waals surface area contributed by atoms with Gasteiger partial charge in [0.05, 0.1) is 23.4 Å². The van der Waals surface area contributed by atoms with E-state index in [9.17, 15) is 19.2 Å². The van der Waals surface area contributed by atoms with Crippen LogP contribution in [0.2, 0.25) is 0 Å². The summed E-state index contributed by atoms with van der Waals surface area (Å²) < 4.78 is 3.23. The molecular weight excluding hydrogens is 959 g/mol. The first-order valence-electron chi connectivity index (χ1n) is 24.9. The van der Waals surface area contributed by atoms with Crippen molar-refractivity contribution in [1.29, 1.82) is 0 Å². The Labute approximate surface area is 434 Å². The third kappa shape index (κ3) is 9.17. The van der Waals surface area contributed by atoms with Gasteiger partial charge in [-0.15, -0.1) is 6.42 Å². The van der Waals surface area contributed by atoms with E-state index in [0.717, 1.165) is 85.1 Å². The van der Waals surface area contributed by atoms with Crippen LogP contribution >= 0.6 is 0 Å². The third-order valence-electron chi connectivity index (χ3n) is 14.4. The summed E-state index contributed by atoms with van der Waals surface area (Å²) in [7, 11) is 1.98. The Balaban J connectivity index is 0.676. The van der Waals surface area contributed by atoms with E-state index in [-0.39, 0.29) is 29.6 Å². The van der Waals surface area contributed by atoms with E-state index in [2.05, 4.69) is 63.0 Å². The number of fused-ring (bicyclic) bond motifs is 4. The number of aromatic amines is 2. The number of carbonyl (C=O) groups excluding carboxylic acids is 4. The number of nitrogens with zero attached hydrogens (tertiary/aromatic N) is 11. The quantitative estimate of drug-likeness (QED) is 0.0663. The number of anilines is 2. The Kier molecular flexibility index (Phi) is 12.4. The van der Waals surface area contributed by atoms with E-state index < -0.39 is 5.91 Å². The van der Waals surface area contributed by atoms with Crippen LogP contribution < -0.4 is 10.6 Å². The van der Waals surface area contributed by atoms with Crippen LogP contribution in [0.3, 0.4) is 0 Å². The van der Waals surface area contributed by atoms with Crippen molar-refractivity contribution in [3.05, 3.63) is 168 Å². The van der Waals surface area contributed by atoms with Gasteiger partial charge in [-0.1, -0.05) is 6.08 Å². The highest BCUT2D eigenvalue weighted by molar-refractivity contribution is 6.04. The molecule has 2 saturated heterocycles. The topological polar surface area (TPSA) is 220 Å². The standard InChI is InChI=1S/C57H49N15O4/c1-3-51(73)64-40-14-10-35(11-15-40)56(75)70-26-20-38(34-70)48-28-44-53(46-31-63-72-50(46)8-5-22-61-72)39(29-59-55(44)67-48)32-68(2)24-6-9-52(74)65-41-16-12-36(13-17-41)57(76)69-25-19-37(33-69)47-27-43-42(18-23-58-54(43)66-47)45-30-62-71-49(45)7-4-21-60-71/h1,4-18,21-23,27-31,37-38H,19-20,24-26,32-34H2,2H3,(H,58,66)(H,59,67)(H,64,73)(H,65,74)/b9-6+. The van der Waals surface area contributed by atoms with E-state index in [1.54, 1.807) is 76.4 Å². The molecule has 8 aromatic heterocycles. The average molecular weight is 1010 g/mol. The van der Waals surface area contributed by atoms with Crippen molar-refractivity contribution in [3.8, 4) is 34.6 Å². The van der Waals surface area contributed by atoms with Crippen LogP contribution in [-0.2, 0) is 16.1 Å². The van der Waals surface area contributed by atoms with Gasteiger partial charge in [0.25, 0.3) is 17.7 Å². The molecule has 0 bridgehead atoms. The van der Waals surface area contributed by atoms with Gasteiger partial charge in [0.2, 0.25) is 5.91 Å². The number of likely N-dealkylation sites (tertiary alicyclic amines) is 2. The van der Waals surface area contributed by atoms with Gasteiger partial charge >= 0.3 is 0 Å². The molecule has 4 amide bonds. The SMILES string of the molecule is C#CC(=O)Nc1ccc(C(=O)N2CCC(c3cc4c(-c5cnn6ncccc56)c(CN(C)C/C=C/C(=O)Nc5ccc(C(=O)N6CCC(c7cc8c(-c9cnn%10ncccc9%10)ccnc8[nH]7)C6)cc5)cnc4[nH]3)C2)cc1. The molecule has 19 nitrogen and oxygen atoms in total. The van der Waals surface area contributed by atoms with Gasteiger partial charge in [-0.05, 0) is 128 Å². The second kappa shape index (κ2) is 19.9. The fraction of sp³-hybridized carbons (Fsp3) is 0.193. The summed E-state index contributed by atoms with van der Waals surface area (Å²) in [5.74, 6) is 1.21. The van der Waals surface area contributed by atoms with Gasteiger partial charge in [0, 0.05) is 143 Å². The fourth-order valence-electron chi connectivity index (χ4n) is 10.6. The van der Waals surface area contributed by atoms with Crippen LogP contribution in [0, 0.1) is 12.3 Å². The number of pyridine rings is 2. The van der Waals surface area contributed by atoms with E-state index in [1.807, 2.05) is 77.8 Å². The lowest BCUT2D eigenvalue weighted by Gasteiger charge is -2.17. The number of aromatic nitrogens is 10. The first-order valence-corrected chi connectivity index (χ1v) is 24.9. The Morgan fingerprint density at radius 1 is 0.684 bits per heavy atom. The number of carbonyl (C=O) groups is 4. The van der Waals surface area contributed by atoms with Crippen molar-refractivity contribution in [2.24, 2.45) is 0 Å². The molecule has 0 spiro atoms. The van der Waals surface area contributed by atoms with Gasteiger partial charge in [0.1, 0.15) is 11.3 Å². The monoisotopic (exact) mass is 1010 g/mol. The Bertz CT molecular complexity index is 3960. The fourth-order valence-corrected chi connectivity index (χ4v) is 10.6. The van der Waals surface area contributed by atoms with Gasteiger partial charge in [-0.3, -0.25) is 24.1 Å². The lowest BCUT2D eigenvalue weighted by molar-refractivity contribution is -0.112. The summed E-state index contributed by atoms with van der Waals surface area (Å²) in [5.41, 5.74) is 12.3. The molecule has 2 unspecified atom stereocenters. The molecule has 19 heteroatoms. The van der Waals surface area contributed by atoms with E-state index in [0.29, 0.717) is 61.8 Å². The average Bonchev–Trinajstić information content (AvgIpc) is 4.33. The molecule has 2 fully saturated rings. The second-order valence-corrected chi connectivity index (χ2v) is 19.2. The second-order valence-electron chi connectivity index (χ2n) is 19.2. The Morgan fingerprint density at radius 3 is 1.89 bits per heavy atom.